The van der Waals surface area contributed by atoms with E-state index < -0.39 is 23.7 Å². The SMILES string of the molecule is COc1ccc(CNC(=O)Cn2c(=O)c3cnc(-c4ccc(C)cc4)nc3n(C)c2=O)cc1. The van der Waals surface area contributed by atoms with Gasteiger partial charge in [0.05, 0.1) is 7.11 Å². The molecular weight excluding hydrogens is 422 g/mol. The summed E-state index contributed by atoms with van der Waals surface area (Å²) in [6, 6.07) is 14.8. The van der Waals surface area contributed by atoms with E-state index in [9.17, 15) is 14.4 Å². The number of aromatic nitrogens is 4. The first kappa shape index (κ1) is 21.9. The van der Waals surface area contributed by atoms with Crippen molar-refractivity contribution in [1.82, 2.24) is 24.4 Å². The second kappa shape index (κ2) is 9.07. The number of fused-ring (bicyclic) bond motifs is 1. The molecule has 9 nitrogen and oxygen atoms in total. The van der Waals surface area contributed by atoms with Crippen LogP contribution in [0.2, 0.25) is 0 Å². The molecule has 0 bridgehead atoms. The number of hydrogen-bond acceptors (Lipinski definition) is 6. The molecule has 9 heteroatoms. The van der Waals surface area contributed by atoms with Crippen LogP contribution in [-0.4, -0.2) is 32.1 Å². The van der Waals surface area contributed by atoms with Gasteiger partial charge in [0.2, 0.25) is 5.91 Å². The predicted molar refractivity (Wildman–Crippen MR) is 124 cm³/mol. The fourth-order valence-corrected chi connectivity index (χ4v) is 3.41. The summed E-state index contributed by atoms with van der Waals surface area (Å²) in [7, 11) is 3.09. The number of benzene rings is 2. The molecule has 1 amide bonds. The highest BCUT2D eigenvalue weighted by Gasteiger charge is 2.16. The standard InChI is InChI=1S/C24H23N5O4/c1-15-4-8-17(9-5-15)21-26-13-19-22(27-21)28(2)24(32)29(23(19)31)14-20(30)25-12-16-6-10-18(33-3)11-7-16/h4-11,13H,12,14H2,1-3H3,(H,25,30). The molecule has 2 aromatic carbocycles. The number of rotatable bonds is 6. The van der Waals surface area contributed by atoms with Crippen molar-refractivity contribution in [3.63, 3.8) is 0 Å². The van der Waals surface area contributed by atoms with Gasteiger partial charge >= 0.3 is 5.69 Å². The van der Waals surface area contributed by atoms with Crippen molar-refractivity contribution in [2.45, 2.75) is 20.0 Å². The lowest BCUT2D eigenvalue weighted by atomic mass is 10.1. The summed E-state index contributed by atoms with van der Waals surface area (Å²) in [5.41, 5.74) is 1.71. The zero-order valence-corrected chi connectivity index (χ0v) is 18.5. The first-order chi connectivity index (χ1) is 15.9. The molecule has 0 unspecified atom stereocenters. The van der Waals surface area contributed by atoms with Gasteiger partial charge in [0, 0.05) is 25.4 Å². The maximum atomic E-state index is 12.9. The Hall–Kier alpha value is -4.27. The summed E-state index contributed by atoms with van der Waals surface area (Å²) in [4.78, 5) is 47.0. The number of ether oxygens (including phenoxy) is 1. The number of carbonyl (C=O) groups excluding carboxylic acids is 1. The van der Waals surface area contributed by atoms with Gasteiger partial charge in [0.15, 0.2) is 11.5 Å². The first-order valence-corrected chi connectivity index (χ1v) is 10.3. The molecule has 2 heterocycles. The molecule has 0 saturated carbocycles. The third kappa shape index (κ3) is 4.52. The Labute approximate surface area is 189 Å². The second-order valence-corrected chi connectivity index (χ2v) is 7.65. The van der Waals surface area contributed by atoms with Crippen LogP contribution in [0.4, 0.5) is 0 Å². The summed E-state index contributed by atoms with van der Waals surface area (Å²) in [5.74, 6) is 0.664. The quantitative estimate of drug-likeness (QED) is 0.485. The van der Waals surface area contributed by atoms with E-state index in [2.05, 4.69) is 15.3 Å². The van der Waals surface area contributed by atoms with Gasteiger partial charge in [-0.3, -0.25) is 18.7 Å². The van der Waals surface area contributed by atoms with Crippen molar-refractivity contribution < 1.29 is 9.53 Å². The molecule has 0 atom stereocenters. The van der Waals surface area contributed by atoms with E-state index in [-0.39, 0.29) is 17.6 Å². The lowest BCUT2D eigenvalue weighted by Gasteiger charge is -2.11. The zero-order valence-electron chi connectivity index (χ0n) is 18.5. The van der Waals surface area contributed by atoms with Crippen LogP contribution in [0.3, 0.4) is 0 Å². The molecule has 168 valence electrons. The number of nitrogens with zero attached hydrogens (tertiary/aromatic N) is 4. The Morgan fingerprint density at radius 1 is 1.06 bits per heavy atom. The minimum atomic E-state index is -0.624. The zero-order chi connectivity index (χ0) is 23.5. The number of methoxy groups -OCH3 is 1. The van der Waals surface area contributed by atoms with E-state index in [0.717, 1.165) is 21.3 Å². The van der Waals surface area contributed by atoms with Gasteiger partial charge in [-0.1, -0.05) is 42.0 Å². The molecule has 0 radical (unpaired) electrons. The predicted octanol–water partition coefficient (Wildman–Crippen LogP) is 1.79. The molecule has 0 aliphatic carbocycles. The first-order valence-electron chi connectivity index (χ1n) is 10.3. The second-order valence-electron chi connectivity index (χ2n) is 7.65. The highest BCUT2D eigenvalue weighted by atomic mass is 16.5. The highest BCUT2D eigenvalue weighted by molar-refractivity contribution is 5.78. The van der Waals surface area contributed by atoms with E-state index in [1.807, 2.05) is 43.3 Å². The van der Waals surface area contributed by atoms with Crippen molar-refractivity contribution in [2.24, 2.45) is 7.05 Å². The van der Waals surface area contributed by atoms with E-state index >= 15 is 0 Å². The largest absolute Gasteiger partial charge is 0.497 e. The van der Waals surface area contributed by atoms with Crippen LogP contribution < -0.4 is 21.3 Å². The summed E-state index contributed by atoms with van der Waals surface area (Å²) >= 11 is 0. The molecule has 0 aliphatic rings. The number of hydrogen-bond donors (Lipinski definition) is 1. The van der Waals surface area contributed by atoms with Gasteiger partial charge in [0.25, 0.3) is 5.56 Å². The summed E-state index contributed by atoms with van der Waals surface area (Å²) < 4.78 is 7.26. The molecule has 33 heavy (non-hydrogen) atoms. The lowest BCUT2D eigenvalue weighted by Crippen LogP contribution is -2.43. The highest BCUT2D eigenvalue weighted by Crippen LogP contribution is 2.17. The maximum Gasteiger partial charge on any atom is 0.332 e. The van der Waals surface area contributed by atoms with Gasteiger partial charge in [-0.25, -0.2) is 14.8 Å². The Morgan fingerprint density at radius 3 is 2.42 bits per heavy atom. The Bertz CT molecular complexity index is 1440. The Morgan fingerprint density at radius 2 is 1.76 bits per heavy atom. The monoisotopic (exact) mass is 445 g/mol. The number of nitrogens with one attached hydrogen (secondary N) is 1. The third-order valence-corrected chi connectivity index (χ3v) is 5.34. The van der Waals surface area contributed by atoms with Crippen molar-refractivity contribution in [3.8, 4) is 17.1 Å². The number of amides is 1. The summed E-state index contributed by atoms with van der Waals surface area (Å²) in [5, 5.41) is 2.89. The van der Waals surface area contributed by atoms with Gasteiger partial charge in [-0.2, -0.15) is 0 Å². The van der Waals surface area contributed by atoms with Gasteiger partial charge in [-0.05, 0) is 24.6 Å². The summed E-state index contributed by atoms with van der Waals surface area (Å²) in [6.07, 6.45) is 1.39. The lowest BCUT2D eigenvalue weighted by molar-refractivity contribution is -0.121. The molecule has 2 aromatic heterocycles. The minimum Gasteiger partial charge on any atom is -0.497 e. The topological polar surface area (TPSA) is 108 Å². The van der Waals surface area contributed by atoms with Crippen LogP contribution in [0.25, 0.3) is 22.4 Å². The van der Waals surface area contributed by atoms with Crippen LogP contribution in [0, 0.1) is 6.92 Å². The normalized spacial score (nSPS) is 10.9. The summed E-state index contributed by atoms with van der Waals surface area (Å²) in [6.45, 7) is 1.83. The fraction of sp³-hybridized carbons (Fsp3) is 0.208. The van der Waals surface area contributed by atoms with Crippen LogP contribution in [0.15, 0.2) is 64.3 Å². The van der Waals surface area contributed by atoms with Gasteiger partial charge < -0.3 is 10.1 Å². The molecule has 0 spiro atoms. The maximum absolute atomic E-state index is 12.9. The average Bonchev–Trinajstić information content (AvgIpc) is 2.84. The van der Waals surface area contributed by atoms with E-state index in [0.29, 0.717) is 11.6 Å². The van der Waals surface area contributed by atoms with E-state index in [4.69, 9.17) is 4.74 Å². The van der Waals surface area contributed by atoms with Crippen LogP contribution >= 0.6 is 0 Å². The smallest absolute Gasteiger partial charge is 0.332 e. The fourth-order valence-electron chi connectivity index (χ4n) is 3.41. The third-order valence-electron chi connectivity index (χ3n) is 5.34. The molecule has 4 aromatic rings. The molecule has 4 rings (SSSR count). The van der Waals surface area contributed by atoms with Crippen molar-refractivity contribution in [3.05, 3.63) is 86.7 Å². The van der Waals surface area contributed by atoms with Gasteiger partial charge in [0.1, 0.15) is 17.7 Å². The molecule has 0 saturated heterocycles. The van der Waals surface area contributed by atoms with Crippen molar-refractivity contribution in [2.75, 3.05) is 7.11 Å². The van der Waals surface area contributed by atoms with Crippen LogP contribution in [0.5, 0.6) is 5.75 Å². The van der Waals surface area contributed by atoms with Crippen molar-refractivity contribution in [1.29, 1.82) is 0 Å². The Kier molecular flexibility index (Phi) is 6.03. The molecule has 0 aliphatic heterocycles. The molecular formula is C24H23N5O4. The minimum absolute atomic E-state index is 0.163. The van der Waals surface area contributed by atoms with E-state index in [1.165, 1.54) is 17.8 Å². The van der Waals surface area contributed by atoms with Gasteiger partial charge in [-0.15, -0.1) is 0 Å². The van der Waals surface area contributed by atoms with E-state index in [1.54, 1.807) is 19.2 Å². The number of aryl methyl sites for hydroxylation is 2. The van der Waals surface area contributed by atoms with Crippen LogP contribution in [-0.2, 0) is 24.9 Å². The number of carbonyl (C=O) groups is 1. The average molecular weight is 445 g/mol. The van der Waals surface area contributed by atoms with Crippen molar-refractivity contribution >= 4 is 16.9 Å². The molecule has 1 N–H and O–H groups in total. The molecule has 0 fully saturated rings. The van der Waals surface area contributed by atoms with Crippen LogP contribution in [0.1, 0.15) is 11.1 Å². The Balaban J connectivity index is 1.59.